The fraction of sp³-hybridized carbons (Fsp3) is 0.562. The lowest BCUT2D eigenvalue weighted by Gasteiger charge is -2.24. The zero-order valence-corrected chi connectivity index (χ0v) is 13.1. The summed E-state index contributed by atoms with van der Waals surface area (Å²) < 4.78 is 0. The molecule has 0 radical (unpaired) electrons. The maximum absolute atomic E-state index is 8.70. The van der Waals surface area contributed by atoms with Crippen molar-refractivity contribution >= 4 is 5.84 Å². The molecule has 0 aromatic heterocycles. The summed E-state index contributed by atoms with van der Waals surface area (Å²) in [6.07, 6.45) is 2.69. The molecule has 1 atom stereocenters. The molecule has 0 heterocycles. The van der Waals surface area contributed by atoms with Crippen molar-refractivity contribution in [2.75, 3.05) is 13.6 Å². The Morgan fingerprint density at radius 3 is 2.81 bits per heavy atom. The van der Waals surface area contributed by atoms with E-state index in [2.05, 4.69) is 29.3 Å². The van der Waals surface area contributed by atoms with E-state index in [0.717, 1.165) is 30.3 Å². The predicted molar refractivity (Wildman–Crippen MR) is 85.6 cm³/mol. The van der Waals surface area contributed by atoms with Crippen molar-refractivity contribution < 1.29 is 5.21 Å². The summed E-state index contributed by atoms with van der Waals surface area (Å²) in [5, 5.41) is 15.2. The third kappa shape index (κ3) is 4.19. The lowest BCUT2D eigenvalue weighted by Crippen LogP contribution is -2.39. The standard InChI is InChI=1S/C16H26N4O/c1-11-8-13(16(17)19-21)4-5-14(11)10-18-9-12(2)20(3)15-6-7-15/h4-5,8,12,15,18,21H,6-7,9-10H2,1-3H3,(H2,17,19). The summed E-state index contributed by atoms with van der Waals surface area (Å²) in [5.74, 6) is 0.150. The van der Waals surface area contributed by atoms with Gasteiger partial charge in [-0.15, -0.1) is 0 Å². The molecule has 0 saturated heterocycles. The van der Waals surface area contributed by atoms with E-state index in [0.29, 0.717) is 6.04 Å². The van der Waals surface area contributed by atoms with Crippen LogP contribution in [0.2, 0.25) is 0 Å². The molecule has 2 rings (SSSR count). The van der Waals surface area contributed by atoms with Crippen molar-refractivity contribution in [2.24, 2.45) is 10.9 Å². The summed E-state index contributed by atoms with van der Waals surface area (Å²) in [7, 11) is 2.21. The number of nitrogens with two attached hydrogens (primary N) is 1. The number of aryl methyl sites for hydroxylation is 1. The molecule has 1 saturated carbocycles. The van der Waals surface area contributed by atoms with Crippen molar-refractivity contribution in [1.29, 1.82) is 0 Å². The van der Waals surface area contributed by atoms with Gasteiger partial charge in [0.1, 0.15) is 0 Å². The van der Waals surface area contributed by atoms with Crippen LogP contribution in [0.25, 0.3) is 0 Å². The van der Waals surface area contributed by atoms with Gasteiger partial charge in [0.25, 0.3) is 0 Å². The molecular weight excluding hydrogens is 264 g/mol. The Balaban J connectivity index is 1.85. The highest BCUT2D eigenvalue weighted by molar-refractivity contribution is 5.97. The third-order valence-electron chi connectivity index (χ3n) is 4.32. The van der Waals surface area contributed by atoms with Crippen LogP contribution in [0.5, 0.6) is 0 Å². The average molecular weight is 290 g/mol. The molecule has 1 aliphatic carbocycles. The van der Waals surface area contributed by atoms with Crippen molar-refractivity contribution in [3.8, 4) is 0 Å². The fourth-order valence-electron chi connectivity index (χ4n) is 2.51. The van der Waals surface area contributed by atoms with Crippen LogP contribution in [0.1, 0.15) is 36.5 Å². The summed E-state index contributed by atoms with van der Waals surface area (Å²) in [6.45, 7) is 6.13. The summed E-state index contributed by atoms with van der Waals surface area (Å²) >= 11 is 0. The molecule has 21 heavy (non-hydrogen) atoms. The Bertz CT molecular complexity index is 511. The Kier molecular flexibility index (Phi) is 5.20. The summed E-state index contributed by atoms with van der Waals surface area (Å²) in [6, 6.07) is 7.22. The molecule has 4 N–H and O–H groups in total. The van der Waals surface area contributed by atoms with E-state index in [1.54, 1.807) is 0 Å². The first-order chi connectivity index (χ1) is 10.0. The number of likely N-dealkylation sites (N-methyl/N-ethyl adjacent to an activating group) is 1. The molecule has 0 aliphatic heterocycles. The number of hydrogen-bond acceptors (Lipinski definition) is 4. The number of benzene rings is 1. The first-order valence-electron chi connectivity index (χ1n) is 7.53. The number of amidine groups is 1. The predicted octanol–water partition coefficient (Wildman–Crippen LogP) is 1.66. The second-order valence-electron chi connectivity index (χ2n) is 6.00. The molecule has 1 aliphatic rings. The van der Waals surface area contributed by atoms with Gasteiger partial charge < -0.3 is 16.3 Å². The molecule has 1 unspecified atom stereocenters. The highest BCUT2D eigenvalue weighted by Gasteiger charge is 2.28. The van der Waals surface area contributed by atoms with Crippen LogP contribution < -0.4 is 11.1 Å². The molecule has 0 spiro atoms. The molecule has 5 heteroatoms. The lowest BCUT2D eigenvalue weighted by molar-refractivity contribution is 0.241. The van der Waals surface area contributed by atoms with Gasteiger partial charge in [-0.1, -0.05) is 17.3 Å². The topological polar surface area (TPSA) is 73.9 Å². The van der Waals surface area contributed by atoms with Crippen LogP contribution in [0.15, 0.2) is 23.4 Å². The molecular formula is C16H26N4O. The SMILES string of the molecule is Cc1cc(/C(N)=N/O)ccc1CNCC(C)N(C)C1CC1. The first-order valence-corrected chi connectivity index (χ1v) is 7.53. The van der Waals surface area contributed by atoms with Gasteiger partial charge in [0, 0.05) is 30.7 Å². The zero-order valence-electron chi connectivity index (χ0n) is 13.1. The zero-order chi connectivity index (χ0) is 15.4. The number of oxime groups is 1. The number of nitrogens with one attached hydrogen (secondary N) is 1. The van der Waals surface area contributed by atoms with Crippen LogP contribution in [0.4, 0.5) is 0 Å². The second kappa shape index (κ2) is 6.91. The maximum Gasteiger partial charge on any atom is 0.170 e. The molecule has 1 aromatic rings. The Morgan fingerprint density at radius 2 is 2.24 bits per heavy atom. The van der Waals surface area contributed by atoms with Crippen LogP contribution in [-0.4, -0.2) is 41.6 Å². The minimum atomic E-state index is 0.150. The van der Waals surface area contributed by atoms with Crippen LogP contribution in [0, 0.1) is 6.92 Å². The smallest absolute Gasteiger partial charge is 0.170 e. The van der Waals surface area contributed by atoms with Gasteiger partial charge in [-0.25, -0.2) is 0 Å². The van der Waals surface area contributed by atoms with E-state index >= 15 is 0 Å². The summed E-state index contributed by atoms with van der Waals surface area (Å²) in [5.41, 5.74) is 8.74. The Morgan fingerprint density at radius 1 is 1.52 bits per heavy atom. The van der Waals surface area contributed by atoms with Crippen molar-refractivity contribution in [2.45, 2.75) is 45.3 Å². The molecule has 0 amide bonds. The lowest BCUT2D eigenvalue weighted by atomic mass is 10.0. The monoisotopic (exact) mass is 290 g/mol. The van der Waals surface area contributed by atoms with Gasteiger partial charge in [0.15, 0.2) is 5.84 Å². The van der Waals surface area contributed by atoms with E-state index in [4.69, 9.17) is 10.9 Å². The number of nitrogens with zero attached hydrogens (tertiary/aromatic N) is 2. The van der Waals surface area contributed by atoms with Crippen molar-refractivity contribution in [1.82, 2.24) is 10.2 Å². The molecule has 1 aromatic carbocycles. The molecule has 0 bridgehead atoms. The highest BCUT2D eigenvalue weighted by atomic mass is 16.4. The first kappa shape index (κ1) is 15.8. The summed E-state index contributed by atoms with van der Waals surface area (Å²) in [4.78, 5) is 2.46. The maximum atomic E-state index is 8.70. The van der Waals surface area contributed by atoms with E-state index in [1.807, 2.05) is 25.1 Å². The number of hydrogen-bond donors (Lipinski definition) is 3. The Labute approximate surface area is 126 Å². The quantitative estimate of drug-likeness (QED) is 0.309. The minimum absolute atomic E-state index is 0.150. The van der Waals surface area contributed by atoms with E-state index in [-0.39, 0.29) is 5.84 Å². The molecule has 1 fully saturated rings. The van der Waals surface area contributed by atoms with Gasteiger partial charge in [-0.2, -0.15) is 0 Å². The highest BCUT2D eigenvalue weighted by Crippen LogP contribution is 2.26. The Hall–Kier alpha value is -1.59. The third-order valence-corrected chi connectivity index (χ3v) is 4.32. The van der Waals surface area contributed by atoms with Crippen molar-refractivity contribution in [3.63, 3.8) is 0 Å². The minimum Gasteiger partial charge on any atom is -0.409 e. The average Bonchev–Trinajstić information content (AvgIpc) is 3.31. The normalized spacial score (nSPS) is 17.2. The number of rotatable bonds is 7. The van der Waals surface area contributed by atoms with Gasteiger partial charge in [-0.3, -0.25) is 4.90 Å². The second-order valence-corrected chi connectivity index (χ2v) is 6.00. The van der Waals surface area contributed by atoms with Crippen LogP contribution >= 0.6 is 0 Å². The van der Waals surface area contributed by atoms with Gasteiger partial charge >= 0.3 is 0 Å². The fourth-order valence-corrected chi connectivity index (χ4v) is 2.51. The van der Waals surface area contributed by atoms with E-state index < -0.39 is 0 Å². The van der Waals surface area contributed by atoms with Crippen molar-refractivity contribution in [3.05, 3.63) is 34.9 Å². The van der Waals surface area contributed by atoms with Gasteiger partial charge in [0.2, 0.25) is 0 Å². The van der Waals surface area contributed by atoms with Crippen LogP contribution in [-0.2, 0) is 6.54 Å². The molecule has 5 nitrogen and oxygen atoms in total. The molecule has 116 valence electrons. The van der Waals surface area contributed by atoms with Crippen LogP contribution in [0.3, 0.4) is 0 Å². The van der Waals surface area contributed by atoms with E-state index in [1.165, 1.54) is 18.4 Å². The van der Waals surface area contributed by atoms with Gasteiger partial charge in [0.05, 0.1) is 0 Å². The van der Waals surface area contributed by atoms with Gasteiger partial charge in [-0.05, 0) is 50.9 Å². The van der Waals surface area contributed by atoms with E-state index in [9.17, 15) is 0 Å². The largest absolute Gasteiger partial charge is 0.409 e.